The van der Waals surface area contributed by atoms with E-state index < -0.39 is 12.2 Å². The molecule has 4 unspecified atom stereocenters. The van der Waals surface area contributed by atoms with Crippen molar-refractivity contribution in [2.45, 2.75) is 45.2 Å². The van der Waals surface area contributed by atoms with Crippen LogP contribution < -0.4 is 0 Å². The molecular weight excluding hydrogens is 240 g/mol. The van der Waals surface area contributed by atoms with E-state index in [1.807, 2.05) is 0 Å². The van der Waals surface area contributed by atoms with Gasteiger partial charge >= 0.3 is 0 Å². The van der Waals surface area contributed by atoms with E-state index in [0.717, 1.165) is 0 Å². The predicted octanol–water partition coefficient (Wildman–Crippen LogP) is -0.453. The molecule has 0 aliphatic rings. The second-order valence-corrected chi connectivity index (χ2v) is 4.52. The minimum absolute atomic E-state index is 0.0579. The number of hydrogen-bond acceptors (Lipinski definition) is 6. The summed E-state index contributed by atoms with van der Waals surface area (Å²) in [5, 5.41) is 27.1. The van der Waals surface area contributed by atoms with E-state index in [2.05, 4.69) is 0 Å². The summed E-state index contributed by atoms with van der Waals surface area (Å²) in [7, 11) is 0. The maximum absolute atomic E-state index is 9.15. The molecule has 3 N–H and O–H groups in total. The van der Waals surface area contributed by atoms with Crippen molar-refractivity contribution in [3.8, 4) is 0 Å². The lowest BCUT2D eigenvalue weighted by molar-refractivity contribution is -0.101. The summed E-state index contributed by atoms with van der Waals surface area (Å²) in [6.45, 7) is 5.93. The zero-order valence-corrected chi connectivity index (χ0v) is 11.4. The van der Waals surface area contributed by atoms with E-state index >= 15 is 0 Å². The second-order valence-electron chi connectivity index (χ2n) is 4.52. The van der Waals surface area contributed by atoms with Gasteiger partial charge in [-0.25, -0.2) is 0 Å². The average Bonchev–Trinajstić information content (AvgIpc) is 2.30. The third kappa shape index (κ3) is 10.9. The smallest absolute Gasteiger partial charge is 0.104 e. The van der Waals surface area contributed by atoms with Gasteiger partial charge in [0, 0.05) is 0 Å². The maximum Gasteiger partial charge on any atom is 0.104 e. The lowest BCUT2D eigenvalue weighted by Gasteiger charge is -2.21. The van der Waals surface area contributed by atoms with E-state index in [-0.39, 0.29) is 45.2 Å². The van der Waals surface area contributed by atoms with Crippen LogP contribution in [-0.2, 0) is 14.2 Å². The van der Waals surface area contributed by atoms with Crippen LogP contribution in [0.25, 0.3) is 0 Å². The zero-order chi connectivity index (χ0) is 14.0. The van der Waals surface area contributed by atoms with Gasteiger partial charge in [-0.2, -0.15) is 0 Å². The number of aliphatic hydroxyl groups is 3. The molecule has 0 fully saturated rings. The molecule has 0 amide bonds. The van der Waals surface area contributed by atoms with Gasteiger partial charge in [-0.1, -0.05) is 0 Å². The SMILES string of the molecule is CC(O)COCC(COC(C)CO)OCC(C)O. The standard InChI is InChI=1S/C12H26O6/c1-9(14)5-16-7-12(18-6-10(2)15)8-17-11(3)4-13/h9-15H,4-8H2,1-3H3. The van der Waals surface area contributed by atoms with Crippen molar-refractivity contribution in [1.82, 2.24) is 0 Å². The summed E-state index contributed by atoms with van der Waals surface area (Å²) in [5.41, 5.74) is 0. The van der Waals surface area contributed by atoms with Gasteiger partial charge in [0.15, 0.2) is 0 Å². The van der Waals surface area contributed by atoms with E-state index in [0.29, 0.717) is 0 Å². The molecule has 0 radical (unpaired) electrons. The number of aliphatic hydroxyl groups excluding tert-OH is 3. The monoisotopic (exact) mass is 266 g/mol. The molecule has 0 aliphatic heterocycles. The first kappa shape index (κ1) is 17.8. The first-order valence-electron chi connectivity index (χ1n) is 6.23. The molecule has 0 saturated heterocycles. The first-order chi connectivity index (χ1) is 8.45. The Morgan fingerprint density at radius 2 is 1.44 bits per heavy atom. The molecule has 6 nitrogen and oxygen atoms in total. The fourth-order valence-electron chi connectivity index (χ4n) is 1.11. The zero-order valence-electron chi connectivity index (χ0n) is 11.4. The molecule has 0 aliphatic carbocycles. The molecule has 18 heavy (non-hydrogen) atoms. The quantitative estimate of drug-likeness (QED) is 0.469. The van der Waals surface area contributed by atoms with Gasteiger partial charge in [-0.05, 0) is 20.8 Å². The highest BCUT2D eigenvalue weighted by atomic mass is 16.6. The lowest BCUT2D eigenvalue weighted by Crippen LogP contribution is -2.32. The second kappa shape index (κ2) is 10.7. The summed E-state index contributed by atoms with van der Waals surface area (Å²) in [6, 6.07) is 0. The van der Waals surface area contributed by atoms with Crippen LogP contribution in [-0.4, -0.2) is 72.8 Å². The van der Waals surface area contributed by atoms with E-state index in [1.54, 1.807) is 20.8 Å². The molecule has 4 atom stereocenters. The molecule has 110 valence electrons. The summed E-state index contributed by atoms with van der Waals surface area (Å²) in [6.07, 6.45) is -1.68. The van der Waals surface area contributed by atoms with Crippen molar-refractivity contribution in [3.63, 3.8) is 0 Å². The predicted molar refractivity (Wildman–Crippen MR) is 66.4 cm³/mol. The van der Waals surface area contributed by atoms with Crippen LogP contribution in [0.4, 0.5) is 0 Å². The summed E-state index contributed by atoms with van der Waals surface area (Å²) >= 11 is 0. The van der Waals surface area contributed by atoms with Crippen LogP contribution in [0.2, 0.25) is 0 Å². The van der Waals surface area contributed by atoms with Gasteiger partial charge in [-0.15, -0.1) is 0 Å². The minimum Gasteiger partial charge on any atom is -0.394 e. The van der Waals surface area contributed by atoms with Gasteiger partial charge in [0.1, 0.15) is 6.10 Å². The highest BCUT2D eigenvalue weighted by Gasteiger charge is 2.13. The van der Waals surface area contributed by atoms with Crippen LogP contribution in [0.3, 0.4) is 0 Å². The summed E-state index contributed by atoms with van der Waals surface area (Å²) in [4.78, 5) is 0. The van der Waals surface area contributed by atoms with Crippen molar-refractivity contribution in [3.05, 3.63) is 0 Å². The number of rotatable bonds is 11. The van der Waals surface area contributed by atoms with Crippen LogP contribution in [0.15, 0.2) is 0 Å². The summed E-state index contributed by atoms with van der Waals surface area (Å²) in [5.74, 6) is 0. The molecular formula is C12H26O6. The molecule has 0 rings (SSSR count). The largest absolute Gasteiger partial charge is 0.394 e. The summed E-state index contributed by atoms with van der Waals surface area (Å²) < 4.78 is 16.0. The fourth-order valence-corrected chi connectivity index (χ4v) is 1.11. The molecule has 0 heterocycles. The molecule has 0 aromatic heterocycles. The Morgan fingerprint density at radius 3 is 1.94 bits per heavy atom. The van der Waals surface area contributed by atoms with Crippen LogP contribution >= 0.6 is 0 Å². The third-order valence-electron chi connectivity index (χ3n) is 2.06. The van der Waals surface area contributed by atoms with Gasteiger partial charge in [-0.3, -0.25) is 0 Å². The van der Waals surface area contributed by atoms with Crippen LogP contribution in [0.5, 0.6) is 0 Å². The minimum atomic E-state index is -0.556. The number of hydrogen-bond donors (Lipinski definition) is 3. The van der Waals surface area contributed by atoms with Gasteiger partial charge in [0.2, 0.25) is 0 Å². The Labute approximate surface area is 108 Å². The lowest BCUT2D eigenvalue weighted by atomic mass is 10.3. The van der Waals surface area contributed by atoms with Crippen molar-refractivity contribution < 1.29 is 29.5 Å². The highest BCUT2D eigenvalue weighted by molar-refractivity contribution is 4.59. The molecule has 0 bridgehead atoms. The Balaban J connectivity index is 3.91. The van der Waals surface area contributed by atoms with Gasteiger partial charge < -0.3 is 29.5 Å². The van der Waals surface area contributed by atoms with Crippen molar-refractivity contribution in [2.75, 3.05) is 33.0 Å². The fraction of sp³-hybridized carbons (Fsp3) is 1.00. The van der Waals surface area contributed by atoms with Crippen LogP contribution in [0.1, 0.15) is 20.8 Å². The van der Waals surface area contributed by atoms with Gasteiger partial charge in [0.05, 0.1) is 51.3 Å². The Morgan fingerprint density at radius 1 is 0.833 bits per heavy atom. The molecule has 0 aromatic carbocycles. The van der Waals surface area contributed by atoms with Crippen molar-refractivity contribution in [1.29, 1.82) is 0 Å². The average molecular weight is 266 g/mol. The van der Waals surface area contributed by atoms with Crippen LogP contribution in [0, 0.1) is 0 Å². The molecule has 0 aromatic rings. The van der Waals surface area contributed by atoms with Crippen molar-refractivity contribution in [2.24, 2.45) is 0 Å². The van der Waals surface area contributed by atoms with E-state index in [1.165, 1.54) is 0 Å². The first-order valence-corrected chi connectivity index (χ1v) is 6.23. The number of ether oxygens (including phenoxy) is 3. The molecule has 0 spiro atoms. The topological polar surface area (TPSA) is 88.4 Å². The Hall–Kier alpha value is -0.240. The van der Waals surface area contributed by atoms with E-state index in [4.69, 9.17) is 29.5 Å². The van der Waals surface area contributed by atoms with Gasteiger partial charge in [0.25, 0.3) is 0 Å². The molecule has 0 saturated carbocycles. The van der Waals surface area contributed by atoms with E-state index in [9.17, 15) is 0 Å². The third-order valence-corrected chi connectivity index (χ3v) is 2.06. The maximum atomic E-state index is 9.15. The van der Waals surface area contributed by atoms with Crippen molar-refractivity contribution >= 4 is 0 Å². The molecule has 6 heteroatoms. The highest BCUT2D eigenvalue weighted by Crippen LogP contribution is 2.00. The Kier molecular flexibility index (Phi) is 10.5. The normalized spacial score (nSPS) is 18.3. The Bertz CT molecular complexity index is 185.